The minimum atomic E-state index is -0.477. The van der Waals surface area contributed by atoms with E-state index in [1.807, 2.05) is 0 Å². The highest BCUT2D eigenvalue weighted by molar-refractivity contribution is 5.90. The standard InChI is InChI=1S/C63H57N/c1-43-21-37-58-59-38-36-55(42-62(59)63(61(58)39-43,51-15-7-3-8-16-51)52-17-9-4-10-18-52)64(54-34-30-49(31-35-54)60-41-44-22-23-50(60)40-44)53-32-28-48(29-33-53)57-20-12-11-19-56(57)47-26-24-46(25-27-47)45-13-5-2-6-14-45/h3-4,7-12,15-21,24-39,42,44-45,50,60H,2,5-6,13-14,22-23,40-41H2,1H3. The normalized spacial score (nSPS) is 19.6. The summed E-state index contributed by atoms with van der Waals surface area (Å²) in [6.45, 7) is 2.23. The predicted octanol–water partition coefficient (Wildman–Crippen LogP) is 17.1. The van der Waals surface area contributed by atoms with Gasteiger partial charge in [0.1, 0.15) is 0 Å². The lowest BCUT2D eigenvalue weighted by molar-refractivity contribution is 0.420. The first-order chi connectivity index (χ1) is 31.6. The Morgan fingerprint density at radius 3 is 1.55 bits per heavy atom. The fourth-order valence-electron chi connectivity index (χ4n) is 12.8. The van der Waals surface area contributed by atoms with Gasteiger partial charge in [0.05, 0.1) is 5.41 Å². The Balaban J connectivity index is 0.978. The molecule has 4 aliphatic rings. The molecule has 0 amide bonds. The third-order valence-electron chi connectivity index (χ3n) is 15.9. The van der Waals surface area contributed by atoms with Gasteiger partial charge in [0.25, 0.3) is 0 Å². The van der Waals surface area contributed by atoms with Gasteiger partial charge in [0.2, 0.25) is 0 Å². The van der Waals surface area contributed by atoms with E-state index < -0.39 is 5.41 Å². The predicted molar refractivity (Wildman–Crippen MR) is 268 cm³/mol. The van der Waals surface area contributed by atoms with Crippen molar-refractivity contribution in [2.45, 2.75) is 82.0 Å². The highest BCUT2D eigenvalue weighted by Gasteiger charge is 2.46. The number of fused-ring (bicyclic) bond motifs is 5. The summed E-state index contributed by atoms with van der Waals surface area (Å²) < 4.78 is 0. The van der Waals surface area contributed by atoms with Gasteiger partial charge in [-0.1, -0.05) is 189 Å². The zero-order valence-corrected chi connectivity index (χ0v) is 37.1. The third kappa shape index (κ3) is 6.66. The van der Waals surface area contributed by atoms with E-state index in [1.54, 1.807) is 0 Å². The van der Waals surface area contributed by atoms with Gasteiger partial charge < -0.3 is 4.90 Å². The minimum Gasteiger partial charge on any atom is -0.310 e. The average Bonchev–Trinajstić information content (AvgIpc) is 4.08. The number of hydrogen-bond donors (Lipinski definition) is 0. The maximum Gasteiger partial charge on any atom is 0.0714 e. The zero-order valence-electron chi connectivity index (χ0n) is 37.1. The maximum absolute atomic E-state index is 2.51. The van der Waals surface area contributed by atoms with E-state index in [0.717, 1.165) is 17.5 Å². The quantitative estimate of drug-likeness (QED) is 0.140. The number of benzene rings is 8. The van der Waals surface area contributed by atoms with E-state index in [1.165, 1.54) is 141 Å². The van der Waals surface area contributed by atoms with Gasteiger partial charge in [-0.2, -0.15) is 0 Å². The molecule has 0 N–H and O–H groups in total. The van der Waals surface area contributed by atoms with Crippen LogP contribution in [0.5, 0.6) is 0 Å². The average molecular weight is 828 g/mol. The molecule has 1 nitrogen and oxygen atoms in total. The Morgan fingerprint density at radius 2 is 0.953 bits per heavy atom. The summed E-state index contributed by atoms with van der Waals surface area (Å²) in [4.78, 5) is 2.50. The van der Waals surface area contributed by atoms with Gasteiger partial charge in [-0.3, -0.25) is 0 Å². The topological polar surface area (TPSA) is 3.24 Å². The summed E-state index contributed by atoms with van der Waals surface area (Å²) >= 11 is 0. The van der Waals surface area contributed by atoms with Crippen LogP contribution < -0.4 is 4.90 Å². The van der Waals surface area contributed by atoms with Crippen LogP contribution in [0.25, 0.3) is 33.4 Å². The van der Waals surface area contributed by atoms with Gasteiger partial charge in [-0.05, 0) is 166 Å². The molecular formula is C63H57N. The first kappa shape index (κ1) is 39.2. The van der Waals surface area contributed by atoms with Crippen molar-refractivity contribution in [2.75, 3.05) is 4.90 Å². The van der Waals surface area contributed by atoms with Crippen molar-refractivity contribution < 1.29 is 0 Å². The van der Waals surface area contributed by atoms with E-state index in [9.17, 15) is 0 Å². The van der Waals surface area contributed by atoms with E-state index in [4.69, 9.17) is 0 Å². The molecule has 2 bridgehead atoms. The van der Waals surface area contributed by atoms with E-state index in [2.05, 4.69) is 206 Å². The van der Waals surface area contributed by atoms with Crippen molar-refractivity contribution in [2.24, 2.45) is 11.8 Å². The number of aryl methyl sites for hydroxylation is 1. The van der Waals surface area contributed by atoms with Crippen LogP contribution in [0.2, 0.25) is 0 Å². The summed E-state index contributed by atoms with van der Waals surface area (Å²) in [5.74, 6) is 3.18. The second-order valence-electron chi connectivity index (χ2n) is 19.5. The van der Waals surface area contributed by atoms with Crippen LogP contribution in [0, 0.1) is 18.8 Å². The van der Waals surface area contributed by atoms with Crippen molar-refractivity contribution >= 4 is 17.1 Å². The molecule has 4 aliphatic carbocycles. The molecule has 12 rings (SSSR count). The van der Waals surface area contributed by atoms with Gasteiger partial charge >= 0.3 is 0 Å². The van der Waals surface area contributed by atoms with Crippen LogP contribution in [0.3, 0.4) is 0 Å². The molecule has 3 saturated carbocycles. The van der Waals surface area contributed by atoms with E-state index in [0.29, 0.717) is 11.8 Å². The van der Waals surface area contributed by atoms with Gasteiger partial charge in [-0.15, -0.1) is 0 Å². The van der Waals surface area contributed by atoms with Crippen molar-refractivity contribution in [3.8, 4) is 33.4 Å². The molecule has 0 radical (unpaired) electrons. The van der Waals surface area contributed by atoms with Crippen molar-refractivity contribution in [1.82, 2.24) is 0 Å². The van der Waals surface area contributed by atoms with Crippen LogP contribution in [0.15, 0.2) is 194 Å². The lowest BCUT2D eigenvalue weighted by Gasteiger charge is -2.35. The SMILES string of the molecule is Cc1ccc2c(c1)C(c1ccccc1)(c1ccccc1)c1cc(N(c3ccc(-c4ccccc4-c4ccc(C5CCCCC5)cc4)cc3)c3ccc(C4CC5CCC4C5)cc3)ccc1-2. The third-order valence-corrected chi connectivity index (χ3v) is 15.9. The van der Waals surface area contributed by atoms with Crippen LogP contribution in [0.4, 0.5) is 17.1 Å². The second-order valence-corrected chi connectivity index (χ2v) is 19.5. The van der Waals surface area contributed by atoms with Crippen LogP contribution in [0.1, 0.15) is 109 Å². The summed E-state index contributed by atoms with van der Waals surface area (Å²) in [5, 5.41) is 0. The number of anilines is 3. The molecule has 8 aromatic carbocycles. The molecule has 64 heavy (non-hydrogen) atoms. The Morgan fingerprint density at radius 1 is 0.422 bits per heavy atom. The monoisotopic (exact) mass is 827 g/mol. The highest BCUT2D eigenvalue weighted by Crippen LogP contribution is 2.58. The van der Waals surface area contributed by atoms with Crippen molar-refractivity contribution in [3.05, 3.63) is 233 Å². The summed E-state index contributed by atoms with van der Waals surface area (Å²) in [6.07, 6.45) is 12.3. The molecule has 0 spiro atoms. The fraction of sp³-hybridized carbons (Fsp3) is 0.238. The molecule has 3 atom stereocenters. The Labute approximate surface area is 380 Å². The van der Waals surface area contributed by atoms with Gasteiger partial charge in [0, 0.05) is 17.1 Å². The Bertz CT molecular complexity index is 2880. The lowest BCUT2D eigenvalue weighted by atomic mass is 9.67. The molecular weight excluding hydrogens is 771 g/mol. The minimum absolute atomic E-state index is 0.477. The van der Waals surface area contributed by atoms with Gasteiger partial charge in [-0.25, -0.2) is 0 Å². The molecule has 1 heteroatoms. The van der Waals surface area contributed by atoms with E-state index >= 15 is 0 Å². The van der Waals surface area contributed by atoms with Crippen molar-refractivity contribution in [1.29, 1.82) is 0 Å². The maximum atomic E-state index is 2.51. The first-order valence-corrected chi connectivity index (χ1v) is 24.2. The van der Waals surface area contributed by atoms with Crippen LogP contribution in [-0.4, -0.2) is 0 Å². The Hall–Kier alpha value is -6.44. The molecule has 314 valence electrons. The van der Waals surface area contributed by atoms with Crippen LogP contribution in [-0.2, 0) is 5.41 Å². The molecule has 8 aromatic rings. The smallest absolute Gasteiger partial charge is 0.0714 e. The number of nitrogens with zero attached hydrogens (tertiary/aromatic N) is 1. The summed E-state index contributed by atoms with van der Waals surface area (Å²) in [5.41, 5.74) is 20.3. The van der Waals surface area contributed by atoms with E-state index in [-0.39, 0.29) is 0 Å². The summed E-state index contributed by atoms with van der Waals surface area (Å²) in [6, 6.07) is 74.2. The molecule has 3 unspecified atom stereocenters. The zero-order chi connectivity index (χ0) is 42.6. The molecule has 0 heterocycles. The van der Waals surface area contributed by atoms with Crippen LogP contribution >= 0.6 is 0 Å². The molecule has 0 aliphatic heterocycles. The lowest BCUT2D eigenvalue weighted by Crippen LogP contribution is -2.28. The molecule has 0 aromatic heterocycles. The second kappa shape index (κ2) is 16.3. The largest absolute Gasteiger partial charge is 0.310 e. The highest BCUT2D eigenvalue weighted by atomic mass is 15.1. The number of hydrogen-bond acceptors (Lipinski definition) is 1. The summed E-state index contributed by atoms with van der Waals surface area (Å²) in [7, 11) is 0. The molecule has 0 saturated heterocycles. The number of rotatable bonds is 9. The molecule has 3 fully saturated rings. The Kier molecular flexibility index (Phi) is 9.96. The van der Waals surface area contributed by atoms with Crippen molar-refractivity contribution in [3.63, 3.8) is 0 Å². The fourth-order valence-corrected chi connectivity index (χ4v) is 12.8. The van der Waals surface area contributed by atoms with Gasteiger partial charge in [0.15, 0.2) is 0 Å². The first-order valence-electron chi connectivity index (χ1n) is 24.2.